The second kappa shape index (κ2) is 5.67. The van der Waals surface area contributed by atoms with Gasteiger partial charge in [0.05, 0.1) is 5.92 Å². The maximum Gasteiger partial charge on any atom is 0.267 e. The van der Waals surface area contributed by atoms with Crippen LogP contribution in [0.4, 0.5) is 5.69 Å². The summed E-state index contributed by atoms with van der Waals surface area (Å²) in [5.41, 5.74) is 2.67. The number of nitrogens with zero attached hydrogens (tertiary/aromatic N) is 1. The first kappa shape index (κ1) is 16.6. The molecule has 1 N–H and O–H groups in total. The van der Waals surface area contributed by atoms with Crippen LogP contribution in [-0.2, 0) is 19.8 Å². The minimum absolute atomic E-state index is 0.375. The molecule has 0 spiro atoms. The first-order valence-corrected chi connectivity index (χ1v) is 8.20. The SMILES string of the molecule is CCCN1/C(=C\C2C(=O)C(=O)C(=O)C2O)C(C)(C)c2ccccc21. The van der Waals surface area contributed by atoms with Crippen molar-refractivity contribution in [2.24, 2.45) is 5.92 Å². The fourth-order valence-corrected chi connectivity index (χ4v) is 3.66. The molecule has 1 fully saturated rings. The third-order valence-electron chi connectivity index (χ3n) is 4.94. The zero-order chi connectivity index (χ0) is 17.6. The maximum absolute atomic E-state index is 12.1. The van der Waals surface area contributed by atoms with Crippen molar-refractivity contribution in [3.63, 3.8) is 0 Å². The number of hydrogen-bond acceptors (Lipinski definition) is 5. The van der Waals surface area contributed by atoms with Crippen LogP contribution in [0, 0.1) is 5.92 Å². The summed E-state index contributed by atoms with van der Waals surface area (Å²) in [4.78, 5) is 37.4. The summed E-state index contributed by atoms with van der Waals surface area (Å²) in [7, 11) is 0. The molecule has 1 aliphatic heterocycles. The number of hydrogen-bond donors (Lipinski definition) is 1. The summed E-state index contributed by atoms with van der Waals surface area (Å²) in [6, 6.07) is 8.00. The van der Waals surface area contributed by atoms with Gasteiger partial charge in [0, 0.05) is 23.3 Å². The van der Waals surface area contributed by atoms with Crippen molar-refractivity contribution in [1.82, 2.24) is 0 Å². The largest absolute Gasteiger partial charge is 0.384 e. The molecule has 0 aromatic heterocycles. The number of Topliss-reactive ketones (excluding diaryl/α,β-unsaturated/α-hetero) is 3. The summed E-state index contributed by atoms with van der Waals surface area (Å²) in [6.45, 7) is 6.91. The third kappa shape index (κ3) is 2.23. The smallest absolute Gasteiger partial charge is 0.267 e. The van der Waals surface area contributed by atoms with Crippen LogP contribution in [0.15, 0.2) is 36.0 Å². The molecule has 1 heterocycles. The lowest BCUT2D eigenvalue weighted by molar-refractivity contribution is -0.141. The zero-order valence-corrected chi connectivity index (χ0v) is 14.1. The number of aliphatic hydroxyl groups excluding tert-OH is 1. The third-order valence-corrected chi connectivity index (χ3v) is 4.94. The van der Waals surface area contributed by atoms with Crippen molar-refractivity contribution >= 4 is 23.0 Å². The highest BCUT2D eigenvalue weighted by Gasteiger charge is 2.49. The average molecular weight is 327 g/mol. The fourth-order valence-electron chi connectivity index (χ4n) is 3.66. The number of rotatable bonds is 3. The Morgan fingerprint density at radius 2 is 1.83 bits per heavy atom. The number of aliphatic hydroxyl groups is 1. The number of anilines is 1. The monoisotopic (exact) mass is 327 g/mol. The van der Waals surface area contributed by atoms with E-state index in [1.807, 2.05) is 38.1 Å². The van der Waals surface area contributed by atoms with Crippen molar-refractivity contribution in [3.8, 4) is 0 Å². The Balaban J connectivity index is 2.11. The Labute approximate surface area is 141 Å². The van der Waals surface area contributed by atoms with Crippen LogP contribution in [0.5, 0.6) is 0 Å². The van der Waals surface area contributed by atoms with Crippen molar-refractivity contribution in [1.29, 1.82) is 0 Å². The first-order valence-electron chi connectivity index (χ1n) is 8.20. The molecule has 0 radical (unpaired) electrons. The van der Waals surface area contributed by atoms with Gasteiger partial charge in [0.1, 0.15) is 6.10 Å². The molecule has 1 aliphatic carbocycles. The number of para-hydroxylation sites is 1. The number of ketones is 3. The summed E-state index contributed by atoms with van der Waals surface area (Å²) >= 11 is 0. The van der Waals surface area contributed by atoms with Gasteiger partial charge < -0.3 is 10.0 Å². The molecule has 126 valence electrons. The van der Waals surface area contributed by atoms with E-state index in [4.69, 9.17) is 0 Å². The molecule has 0 amide bonds. The topological polar surface area (TPSA) is 74.7 Å². The van der Waals surface area contributed by atoms with E-state index in [2.05, 4.69) is 11.8 Å². The van der Waals surface area contributed by atoms with E-state index < -0.39 is 29.4 Å². The second-order valence-electron chi connectivity index (χ2n) is 6.87. The number of carbonyl (C=O) groups excluding carboxylic acids is 3. The maximum atomic E-state index is 12.1. The number of allylic oxidation sites excluding steroid dienone is 1. The Hall–Kier alpha value is -2.27. The van der Waals surface area contributed by atoms with Gasteiger partial charge in [-0.3, -0.25) is 14.4 Å². The molecule has 5 nitrogen and oxygen atoms in total. The molecular weight excluding hydrogens is 306 g/mol. The molecule has 0 bridgehead atoms. The predicted octanol–water partition coefficient (Wildman–Crippen LogP) is 1.78. The lowest BCUT2D eigenvalue weighted by Crippen LogP contribution is -2.30. The highest BCUT2D eigenvalue weighted by atomic mass is 16.3. The van der Waals surface area contributed by atoms with Gasteiger partial charge in [-0.2, -0.15) is 0 Å². The quantitative estimate of drug-likeness (QED) is 0.857. The molecule has 2 atom stereocenters. The van der Waals surface area contributed by atoms with Gasteiger partial charge >= 0.3 is 0 Å². The van der Waals surface area contributed by atoms with Crippen molar-refractivity contribution < 1.29 is 19.5 Å². The molecule has 0 saturated heterocycles. The van der Waals surface area contributed by atoms with Gasteiger partial charge in [0.2, 0.25) is 11.6 Å². The Morgan fingerprint density at radius 1 is 1.17 bits per heavy atom. The fraction of sp³-hybridized carbons (Fsp3) is 0.421. The minimum atomic E-state index is -1.57. The highest BCUT2D eigenvalue weighted by Crippen LogP contribution is 2.48. The molecule has 1 saturated carbocycles. The standard InChI is InChI=1S/C19H21NO4/c1-4-9-20-13-8-6-5-7-12(13)19(2,3)14(20)10-11-15(21)17(23)18(24)16(11)22/h5-8,10-11,15,21H,4,9H2,1-3H3/b14-10-. The normalized spacial score (nSPS) is 27.2. The zero-order valence-electron chi connectivity index (χ0n) is 14.1. The molecule has 2 aliphatic rings. The van der Waals surface area contributed by atoms with Gasteiger partial charge in [-0.05, 0) is 18.1 Å². The van der Waals surface area contributed by atoms with E-state index in [1.54, 1.807) is 6.08 Å². The van der Waals surface area contributed by atoms with Crippen molar-refractivity contribution in [3.05, 3.63) is 41.6 Å². The molecule has 1 aromatic rings. The van der Waals surface area contributed by atoms with E-state index in [0.717, 1.165) is 29.9 Å². The molecular formula is C19H21NO4. The summed E-state index contributed by atoms with van der Waals surface area (Å²) < 4.78 is 0. The number of carbonyl (C=O) groups is 3. The molecule has 24 heavy (non-hydrogen) atoms. The first-order chi connectivity index (χ1) is 11.3. The number of benzene rings is 1. The molecule has 2 unspecified atom stereocenters. The Morgan fingerprint density at radius 3 is 2.42 bits per heavy atom. The van der Waals surface area contributed by atoms with E-state index >= 15 is 0 Å². The molecule has 1 aromatic carbocycles. The Bertz CT molecular complexity index is 762. The van der Waals surface area contributed by atoms with Gasteiger partial charge in [-0.15, -0.1) is 0 Å². The van der Waals surface area contributed by atoms with Crippen molar-refractivity contribution in [2.75, 3.05) is 11.4 Å². The highest BCUT2D eigenvalue weighted by molar-refractivity contribution is 6.69. The van der Waals surface area contributed by atoms with Crippen LogP contribution in [0.2, 0.25) is 0 Å². The van der Waals surface area contributed by atoms with Crippen LogP contribution in [0.25, 0.3) is 0 Å². The molecule has 3 rings (SSSR count). The average Bonchev–Trinajstić information content (AvgIpc) is 2.88. The number of fused-ring (bicyclic) bond motifs is 1. The van der Waals surface area contributed by atoms with Crippen LogP contribution in [0.1, 0.15) is 32.8 Å². The predicted molar refractivity (Wildman–Crippen MR) is 89.7 cm³/mol. The van der Waals surface area contributed by atoms with Crippen LogP contribution in [0.3, 0.4) is 0 Å². The van der Waals surface area contributed by atoms with Gasteiger partial charge in [-0.25, -0.2) is 0 Å². The van der Waals surface area contributed by atoms with Gasteiger partial charge in [-0.1, -0.05) is 45.0 Å². The van der Waals surface area contributed by atoms with Crippen molar-refractivity contribution in [2.45, 2.75) is 38.7 Å². The van der Waals surface area contributed by atoms with E-state index in [1.165, 1.54) is 0 Å². The summed E-state index contributed by atoms with van der Waals surface area (Å²) in [6.07, 6.45) is 0.951. The van der Waals surface area contributed by atoms with E-state index in [-0.39, 0.29) is 5.41 Å². The second-order valence-corrected chi connectivity index (χ2v) is 6.87. The van der Waals surface area contributed by atoms with Gasteiger partial charge in [0.15, 0.2) is 0 Å². The molecule has 5 heteroatoms. The summed E-state index contributed by atoms with van der Waals surface area (Å²) in [5, 5.41) is 10.0. The van der Waals surface area contributed by atoms with E-state index in [0.29, 0.717) is 0 Å². The van der Waals surface area contributed by atoms with E-state index in [9.17, 15) is 19.5 Å². The van der Waals surface area contributed by atoms with Crippen LogP contribution >= 0.6 is 0 Å². The minimum Gasteiger partial charge on any atom is -0.384 e. The Kier molecular flexibility index (Phi) is 3.92. The van der Waals surface area contributed by atoms with Crippen LogP contribution < -0.4 is 4.90 Å². The summed E-state index contributed by atoms with van der Waals surface area (Å²) in [5.74, 6) is -4.01. The lowest BCUT2D eigenvalue weighted by Gasteiger charge is -2.28. The van der Waals surface area contributed by atoms with Crippen LogP contribution in [-0.4, -0.2) is 35.1 Å². The van der Waals surface area contributed by atoms with Gasteiger partial charge in [0.25, 0.3) is 5.78 Å². The lowest BCUT2D eigenvalue weighted by atomic mass is 9.82.